The zero-order chi connectivity index (χ0) is 16.2. The van der Waals surface area contributed by atoms with E-state index in [1.54, 1.807) is 6.07 Å². The standard InChI is InChI=1S/C18H24O3S.Na.H/c1-3-5-8-14-12-13-17(22(19,20)21)18-15(9-6-4-2)10-7-11-16(14)18;;/h7,10-13H,3-6,8-9H2,1-2H3,(H,19,20,21);;/q;+1;-1. The molecule has 122 valence electrons. The van der Waals surface area contributed by atoms with E-state index in [4.69, 9.17) is 0 Å². The zero-order valence-corrected chi connectivity index (χ0v) is 17.1. The monoisotopic (exact) mass is 344 g/mol. The van der Waals surface area contributed by atoms with E-state index in [0.29, 0.717) is 5.39 Å². The molecule has 0 saturated carbocycles. The van der Waals surface area contributed by atoms with Crippen LogP contribution in [0, 0.1) is 0 Å². The normalized spacial score (nSPS) is 11.4. The number of aryl methyl sites for hydroxylation is 2. The third kappa shape index (κ3) is 5.04. The summed E-state index contributed by atoms with van der Waals surface area (Å²) < 4.78 is 33.1. The van der Waals surface area contributed by atoms with E-state index in [1.165, 1.54) is 0 Å². The van der Waals surface area contributed by atoms with E-state index in [0.717, 1.165) is 55.0 Å². The Kier molecular flexibility index (Phi) is 8.25. The van der Waals surface area contributed by atoms with Gasteiger partial charge in [-0.1, -0.05) is 51.0 Å². The Labute approximate surface area is 163 Å². The maximum Gasteiger partial charge on any atom is 1.00 e. The summed E-state index contributed by atoms with van der Waals surface area (Å²) >= 11 is 0. The zero-order valence-electron chi connectivity index (χ0n) is 15.3. The van der Waals surface area contributed by atoms with E-state index in [9.17, 15) is 13.0 Å². The third-order valence-corrected chi connectivity index (χ3v) is 4.95. The molecule has 0 heterocycles. The number of rotatable bonds is 7. The van der Waals surface area contributed by atoms with Gasteiger partial charge in [0.15, 0.2) is 0 Å². The van der Waals surface area contributed by atoms with Gasteiger partial charge in [0, 0.05) is 5.39 Å². The van der Waals surface area contributed by atoms with Gasteiger partial charge in [0.2, 0.25) is 0 Å². The number of hydrogen-bond acceptors (Lipinski definition) is 2. The molecule has 2 aromatic carbocycles. The molecule has 0 aliphatic rings. The predicted molar refractivity (Wildman–Crippen MR) is 92.1 cm³/mol. The van der Waals surface area contributed by atoms with Crippen LogP contribution in [-0.4, -0.2) is 13.0 Å². The summed E-state index contributed by atoms with van der Waals surface area (Å²) in [5.74, 6) is 0. The van der Waals surface area contributed by atoms with Gasteiger partial charge >= 0.3 is 29.6 Å². The molecule has 0 aliphatic carbocycles. The van der Waals surface area contributed by atoms with Crippen LogP contribution in [0.4, 0.5) is 0 Å². The van der Waals surface area contributed by atoms with Gasteiger partial charge < -0.3 is 1.43 Å². The van der Waals surface area contributed by atoms with Crippen LogP contribution in [0.5, 0.6) is 0 Å². The van der Waals surface area contributed by atoms with Crippen LogP contribution in [0.15, 0.2) is 35.2 Å². The van der Waals surface area contributed by atoms with Crippen molar-refractivity contribution < 1.29 is 44.0 Å². The Balaban J connectivity index is 0.00000264. The van der Waals surface area contributed by atoms with Gasteiger partial charge in [-0.2, -0.15) is 8.42 Å². The topological polar surface area (TPSA) is 54.4 Å². The summed E-state index contributed by atoms with van der Waals surface area (Å²) in [5, 5.41) is 1.66. The molecule has 2 rings (SSSR count). The fourth-order valence-corrected chi connectivity index (χ4v) is 3.62. The minimum Gasteiger partial charge on any atom is -1.00 e. The summed E-state index contributed by atoms with van der Waals surface area (Å²) in [7, 11) is -4.21. The second-order valence-electron chi connectivity index (χ2n) is 5.74. The van der Waals surface area contributed by atoms with Crippen molar-refractivity contribution in [3.63, 3.8) is 0 Å². The van der Waals surface area contributed by atoms with E-state index >= 15 is 0 Å². The molecule has 2 aromatic rings. The maximum atomic E-state index is 11.8. The molecule has 0 bridgehead atoms. The van der Waals surface area contributed by atoms with Gasteiger partial charge in [-0.3, -0.25) is 4.55 Å². The van der Waals surface area contributed by atoms with Gasteiger partial charge in [0.05, 0.1) is 0 Å². The van der Waals surface area contributed by atoms with Crippen molar-refractivity contribution in [2.45, 2.75) is 57.3 Å². The van der Waals surface area contributed by atoms with Gasteiger partial charge in [-0.05, 0) is 48.3 Å². The largest absolute Gasteiger partial charge is 1.00 e. The fraction of sp³-hybridized carbons (Fsp3) is 0.444. The smallest absolute Gasteiger partial charge is 1.00 e. The summed E-state index contributed by atoms with van der Waals surface area (Å²) in [5.41, 5.74) is 2.16. The average Bonchev–Trinajstić information content (AvgIpc) is 2.49. The van der Waals surface area contributed by atoms with Gasteiger partial charge in [0.1, 0.15) is 4.90 Å². The molecule has 0 unspecified atom stereocenters. The van der Waals surface area contributed by atoms with Crippen molar-refractivity contribution in [2.24, 2.45) is 0 Å². The molecule has 0 fully saturated rings. The van der Waals surface area contributed by atoms with Gasteiger partial charge in [-0.25, -0.2) is 0 Å². The summed E-state index contributed by atoms with van der Waals surface area (Å²) in [6, 6.07) is 9.31. The van der Waals surface area contributed by atoms with Gasteiger partial charge in [0.25, 0.3) is 10.1 Å². The minimum atomic E-state index is -4.21. The Morgan fingerprint density at radius 3 is 2.13 bits per heavy atom. The van der Waals surface area contributed by atoms with E-state index < -0.39 is 10.1 Å². The molecular weight excluding hydrogens is 319 g/mol. The quantitative estimate of drug-likeness (QED) is 0.616. The second kappa shape index (κ2) is 9.19. The van der Waals surface area contributed by atoms with Crippen LogP contribution in [0.1, 0.15) is 52.1 Å². The maximum absolute atomic E-state index is 11.8. The third-order valence-electron chi connectivity index (χ3n) is 4.06. The van der Waals surface area contributed by atoms with Crippen molar-refractivity contribution in [1.29, 1.82) is 0 Å². The summed E-state index contributed by atoms with van der Waals surface area (Å²) in [6.07, 6.45) is 5.97. The van der Waals surface area contributed by atoms with Crippen molar-refractivity contribution in [3.05, 3.63) is 41.5 Å². The fourth-order valence-electron chi connectivity index (χ4n) is 2.88. The molecule has 0 radical (unpaired) electrons. The van der Waals surface area contributed by atoms with Crippen LogP contribution in [0.25, 0.3) is 10.8 Å². The summed E-state index contributed by atoms with van der Waals surface area (Å²) in [6.45, 7) is 4.25. The molecule has 23 heavy (non-hydrogen) atoms. The van der Waals surface area contributed by atoms with Crippen LogP contribution < -0.4 is 29.6 Å². The molecule has 0 aromatic heterocycles. The van der Waals surface area contributed by atoms with Crippen molar-refractivity contribution >= 4 is 20.9 Å². The number of benzene rings is 2. The first-order valence-electron chi connectivity index (χ1n) is 8.00. The molecule has 1 N–H and O–H groups in total. The number of unbranched alkanes of at least 4 members (excludes halogenated alkanes) is 2. The number of fused-ring (bicyclic) bond motifs is 1. The first-order chi connectivity index (χ1) is 10.5. The Morgan fingerprint density at radius 1 is 0.957 bits per heavy atom. The van der Waals surface area contributed by atoms with Crippen LogP contribution in [0.3, 0.4) is 0 Å². The molecule has 0 atom stereocenters. The van der Waals surface area contributed by atoms with Gasteiger partial charge in [-0.15, -0.1) is 0 Å². The minimum absolute atomic E-state index is 0. The number of hydrogen-bond donors (Lipinski definition) is 1. The second-order valence-corrected chi connectivity index (χ2v) is 7.13. The predicted octanol–water partition coefficient (Wildman–Crippen LogP) is 1.89. The Morgan fingerprint density at radius 2 is 1.57 bits per heavy atom. The molecule has 0 aliphatic heterocycles. The molecular formula is C18H25NaO3S. The van der Waals surface area contributed by atoms with E-state index in [1.807, 2.05) is 24.3 Å². The van der Waals surface area contributed by atoms with Crippen LogP contribution in [0.2, 0.25) is 0 Å². The Hall–Kier alpha value is -0.390. The summed E-state index contributed by atoms with van der Waals surface area (Å²) in [4.78, 5) is 0.0365. The molecule has 0 amide bonds. The molecule has 0 saturated heterocycles. The van der Waals surface area contributed by atoms with Crippen LogP contribution >= 0.6 is 0 Å². The van der Waals surface area contributed by atoms with Crippen molar-refractivity contribution in [1.82, 2.24) is 0 Å². The van der Waals surface area contributed by atoms with Crippen LogP contribution in [-0.2, 0) is 23.0 Å². The van der Waals surface area contributed by atoms with E-state index in [2.05, 4.69) is 13.8 Å². The van der Waals surface area contributed by atoms with E-state index in [-0.39, 0.29) is 35.9 Å². The van der Waals surface area contributed by atoms with Crippen molar-refractivity contribution in [3.8, 4) is 0 Å². The molecule has 3 nitrogen and oxygen atoms in total. The SMILES string of the molecule is CCCCc1ccc(S(=O)(=O)O)c2c(CCCC)cccc12.[H-].[Na+]. The Bertz CT molecular complexity index is 760. The van der Waals surface area contributed by atoms with Crippen molar-refractivity contribution in [2.75, 3.05) is 0 Å². The first kappa shape index (κ1) is 20.7. The first-order valence-corrected chi connectivity index (χ1v) is 9.44. The molecule has 5 heteroatoms. The average molecular weight is 344 g/mol. The molecule has 0 spiro atoms.